The molecular formula is C15H21FN2. The van der Waals surface area contributed by atoms with Gasteiger partial charge in [0.15, 0.2) is 0 Å². The average molecular weight is 248 g/mol. The fraction of sp³-hybridized carbons (Fsp3) is 0.600. The van der Waals surface area contributed by atoms with Gasteiger partial charge in [-0.15, -0.1) is 0 Å². The van der Waals surface area contributed by atoms with E-state index in [9.17, 15) is 4.39 Å². The van der Waals surface area contributed by atoms with Crippen molar-refractivity contribution in [3.8, 4) is 0 Å². The van der Waals surface area contributed by atoms with Crippen LogP contribution in [0.25, 0.3) is 0 Å². The summed E-state index contributed by atoms with van der Waals surface area (Å²) in [6, 6.07) is 5.12. The molecule has 1 aromatic carbocycles. The maximum absolute atomic E-state index is 13.2. The van der Waals surface area contributed by atoms with Crippen LogP contribution in [0.5, 0.6) is 0 Å². The highest BCUT2D eigenvalue weighted by atomic mass is 19.1. The van der Waals surface area contributed by atoms with Crippen molar-refractivity contribution in [3.05, 3.63) is 29.6 Å². The molecule has 1 saturated heterocycles. The molecule has 0 aromatic heterocycles. The van der Waals surface area contributed by atoms with Gasteiger partial charge >= 0.3 is 0 Å². The highest BCUT2D eigenvalue weighted by Gasteiger charge is 2.44. The van der Waals surface area contributed by atoms with Gasteiger partial charge in [0.2, 0.25) is 0 Å². The van der Waals surface area contributed by atoms with Crippen LogP contribution in [0.15, 0.2) is 18.2 Å². The Morgan fingerprint density at radius 3 is 2.83 bits per heavy atom. The van der Waals surface area contributed by atoms with Crippen LogP contribution >= 0.6 is 0 Å². The molecule has 1 atom stereocenters. The molecule has 2 nitrogen and oxygen atoms in total. The topological polar surface area (TPSA) is 15.3 Å². The Morgan fingerprint density at radius 2 is 2.17 bits per heavy atom. The van der Waals surface area contributed by atoms with Gasteiger partial charge in [0.25, 0.3) is 0 Å². The number of aryl methyl sites for hydroxylation is 1. The molecule has 0 radical (unpaired) electrons. The minimum absolute atomic E-state index is 0.142. The maximum Gasteiger partial charge on any atom is 0.123 e. The number of halogens is 1. The van der Waals surface area contributed by atoms with Crippen molar-refractivity contribution in [2.45, 2.75) is 32.2 Å². The summed E-state index contributed by atoms with van der Waals surface area (Å²) in [5, 5.41) is 3.67. The fourth-order valence-corrected chi connectivity index (χ4v) is 3.18. The largest absolute Gasteiger partial charge is 0.368 e. The van der Waals surface area contributed by atoms with E-state index in [1.807, 2.05) is 13.0 Å². The van der Waals surface area contributed by atoms with Gasteiger partial charge in [-0.3, -0.25) is 0 Å². The van der Waals surface area contributed by atoms with E-state index in [2.05, 4.69) is 17.1 Å². The first-order valence-electron chi connectivity index (χ1n) is 6.85. The van der Waals surface area contributed by atoms with Crippen molar-refractivity contribution in [2.75, 3.05) is 24.5 Å². The summed E-state index contributed by atoms with van der Waals surface area (Å²) in [6.07, 6.45) is 2.69. The lowest BCUT2D eigenvalue weighted by atomic mass is 9.92. The third-order valence-corrected chi connectivity index (χ3v) is 4.41. The standard InChI is InChI=1S/C15H21FN2/c1-11-9-13(16)5-6-14(11)18-8-7-17-15(2,10-18)12-3-4-12/h5-6,9,12,17H,3-4,7-8,10H2,1-2H3. The first-order chi connectivity index (χ1) is 8.58. The molecule has 1 N–H and O–H groups in total. The molecule has 3 heteroatoms. The predicted octanol–water partition coefficient (Wildman–Crippen LogP) is 2.71. The molecule has 1 unspecified atom stereocenters. The SMILES string of the molecule is Cc1cc(F)ccc1N1CCNC(C)(C2CC2)C1. The van der Waals surface area contributed by atoms with Crippen LogP contribution in [-0.2, 0) is 0 Å². The lowest BCUT2D eigenvalue weighted by Gasteiger charge is -2.43. The lowest BCUT2D eigenvalue weighted by Crippen LogP contribution is -2.60. The van der Waals surface area contributed by atoms with E-state index in [0.29, 0.717) is 0 Å². The number of nitrogens with zero attached hydrogens (tertiary/aromatic N) is 1. The summed E-state index contributed by atoms with van der Waals surface area (Å²) >= 11 is 0. The van der Waals surface area contributed by atoms with Gasteiger partial charge in [-0.2, -0.15) is 0 Å². The second-order valence-corrected chi connectivity index (χ2v) is 5.97. The summed E-state index contributed by atoms with van der Waals surface area (Å²) in [6.45, 7) is 7.38. The Labute approximate surface area is 108 Å². The van der Waals surface area contributed by atoms with Gasteiger partial charge < -0.3 is 10.2 Å². The molecule has 1 aromatic rings. The second-order valence-electron chi connectivity index (χ2n) is 5.97. The summed E-state index contributed by atoms with van der Waals surface area (Å²) < 4.78 is 13.2. The number of benzene rings is 1. The number of nitrogens with one attached hydrogen (secondary N) is 1. The van der Waals surface area contributed by atoms with Gasteiger partial charge in [0.05, 0.1) is 0 Å². The third-order valence-electron chi connectivity index (χ3n) is 4.41. The van der Waals surface area contributed by atoms with Crippen molar-refractivity contribution in [3.63, 3.8) is 0 Å². The van der Waals surface area contributed by atoms with Crippen molar-refractivity contribution in [1.82, 2.24) is 5.32 Å². The number of rotatable bonds is 2. The van der Waals surface area contributed by atoms with Crippen LogP contribution in [-0.4, -0.2) is 25.2 Å². The Morgan fingerprint density at radius 1 is 1.39 bits per heavy atom. The van der Waals surface area contributed by atoms with E-state index < -0.39 is 0 Å². The molecule has 18 heavy (non-hydrogen) atoms. The van der Waals surface area contributed by atoms with Crippen molar-refractivity contribution in [1.29, 1.82) is 0 Å². The Bertz CT molecular complexity index is 456. The zero-order valence-electron chi connectivity index (χ0n) is 11.2. The molecule has 2 fully saturated rings. The van der Waals surface area contributed by atoms with Crippen LogP contribution in [0, 0.1) is 18.7 Å². The molecule has 1 aliphatic carbocycles. The molecule has 1 aliphatic heterocycles. The summed E-state index contributed by atoms with van der Waals surface area (Å²) in [5.41, 5.74) is 2.46. The molecular weight excluding hydrogens is 227 g/mol. The molecule has 3 rings (SSSR count). The first-order valence-corrected chi connectivity index (χ1v) is 6.85. The Balaban J connectivity index is 1.83. The monoisotopic (exact) mass is 248 g/mol. The van der Waals surface area contributed by atoms with Crippen LogP contribution in [0.2, 0.25) is 0 Å². The van der Waals surface area contributed by atoms with Gasteiger partial charge in [-0.05, 0) is 56.4 Å². The van der Waals surface area contributed by atoms with Crippen LogP contribution in [0.3, 0.4) is 0 Å². The van der Waals surface area contributed by atoms with Gasteiger partial charge in [0.1, 0.15) is 5.82 Å². The van der Waals surface area contributed by atoms with Crippen molar-refractivity contribution in [2.24, 2.45) is 5.92 Å². The number of hydrogen-bond donors (Lipinski definition) is 1. The number of hydrogen-bond acceptors (Lipinski definition) is 2. The highest BCUT2D eigenvalue weighted by molar-refractivity contribution is 5.54. The summed E-state index contributed by atoms with van der Waals surface area (Å²) in [4.78, 5) is 2.41. The smallest absolute Gasteiger partial charge is 0.123 e. The molecule has 1 heterocycles. The highest BCUT2D eigenvalue weighted by Crippen LogP contribution is 2.41. The van der Waals surface area contributed by atoms with Gasteiger partial charge in [0, 0.05) is 30.9 Å². The molecule has 0 spiro atoms. The van der Waals surface area contributed by atoms with Crippen LogP contribution in [0.4, 0.5) is 10.1 Å². The molecule has 0 amide bonds. The van der Waals surface area contributed by atoms with Crippen molar-refractivity contribution < 1.29 is 4.39 Å². The molecule has 98 valence electrons. The minimum atomic E-state index is -0.142. The quantitative estimate of drug-likeness (QED) is 0.865. The molecule has 1 saturated carbocycles. The summed E-state index contributed by atoms with van der Waals surface area (Å²) in [5.74, 6) is 0.678. The second kappa shape index (κ2) is 4.23. The third kappa shape index (κ3) is 2.12. The fourth-order valence-electron chi connectivity index (χ4n) is 3.18. The predicted molar refractivity (Wildman–Crippen MR) is 72.5 cm³/mol. The van der Waals surface area contributed by atoms with Crippen molar-refractivity contribution >= 4 is 5.69 Å². The van der Waals surface area contributed by atoms with Gasteiger partial charge in [-0.1, -0.05) is 0 Å². The van der Waals surface area contributed by atoms with Crippen LogP contribution in [0.1, 0.15) is 25.3 Å². The van der Waals surface area contributed by atoms with E-state index >= 15 is 0 Å². The van der Waals surface area contributed by atoms with Crippen LogP contribution < -0.4 is 10.2 Å². The van der Waals surface area contributed by atoms with E-state index in [1.54, 1.807) is 12.1 Å². The van der Waals surface area contributed by atoms with E-state index in [1.165, 1.54) is 18.5 Å². The molecule has 0 bridgehead atoms. The van der Waals surface area contributed by atoms with E-state index in [-0.39, 0.29) is 11.4 Å². The van der Waals surface area contributed by atoms with E-state index in [4.69, 9.17) is 0 Å². The number of anilines is 1. The van der Waals surface area contributed by atoms with E-state index in [0.717, 1.165) is 31.1 Å². The first kappa shape index (κ1) is 12.0. The zero-order chi connectivity index (χ0) is 12.8. The number of piperazine rings is 1. The minimum Gasteiger partial charge on any atom is -0.368 e. The zero-order valence-corrected chi connectivity index (χ0v) is 11.2. The molecule has 2 aliphatic rings. The lowest BCUT2D eigenvalue weighted by molar-refractivity contribution is 0.285. The van der Waals surface area contributed by atoms with Gasteiger partial charge in [-0.25, -0.2) is 4.39 Å². The normalized spacial score (nSPS) is 28.5. The Hall–Kier alpha value is -1.09. The Kier molecular flexibility index (Phi) is 2.81. The average Bonchev–Trinajstić information content (AvgIpc) is 3.12. The summed E-state index contributed by atoms with van der Waals surface area (Å²) in [7, 11) is 0. The maximum atomic E-state index is 13.2.